The van der Waals surface area contributed by atoms with Gasteiger partial charge in [0.15, 0.2) is 0 Å². The van der Waals surface area contributed by atoms with E-state index in [1.54, 1.807) is 6.07 Å². The molecule has 92 valence electrons. The first-order valence-corrected chi connectivity index (χ1v) is 6.24. The summed E-state index contributed by atoms with van der Waals surface area (Å²) in [5.41, 5.74) is 10.6. The first-order chi connectivity index (χ1) is 8.59. The molecular weight excluding hydrogens is 225 g/mol. The lowest BCUT2D eigenvalue weighted by atomic mass is 9.84. The SMILES string of the molecule is Cc1cccc(C2(N)CCc3cc(F)ccc32)c1. The van der Waals surface area contributed by atoms with Gasteiger partial charge >= 0.3 is 0 Å². The van der Waals surface area contributed by atoms with Crippen LogP contribution in [0, 0.1) is 12.7 Å². The summed E-state index contributed by atoms with van der Waals surface area (Å²) in [5, 5.41) is 0. The fourth-order valence-corrected chi connectivity index (χ4v) is 2.89. The summed E-state index contributed by atoms with van der Waals surface area (Å²) in [6.07, 6.45) is 1.69. The number of hydrogen-bond acceptors (Lipinski definition) is 1. The van der Waals surface area contributed by atoms with Crippen molar-refractivity contribution >= 4 is 0 Å². The standard InChI is InChI=1S/C16H16FN/c1-11-3-2-4-13(9-11)16(18)8-7-12-10-14(17)5-6-15(12)16/h2-6,9-10H,7-8,18H2,1H3. The third-order valence-electron chi connectivity index (χ3n) is 3.87. The summed E-state index contributed by atoms with van der Waals surface area (Å²) in [7, 11) is 0. The van der Waals surface area contributed by atoms with Crippen LogP contribution in [-0.4, -0.2) is 0 Å². The van der Waals surface area contributed by atoms with Gasteiger partial charge in [0.25, 0.3) is 0 Å². The van der Waals surface area contributed by atoms with E-state index in [-0.39, 0.29) is 5.82 Å². The Bertz CT molecular complexity index is 606. The third-order valence-corrected chi connectivity index (χ3v) is 3.87. The highest BCUT2D eigenvalue weighted by Gasteiger charge is 2.36. The quantitative estimate of drug-likeness (QED) is 0.814. The van der Waals surface area contributed by atoms with E-state index in [1.165, 1.54) is 11.6 Å². The van der Waals surface area contributed by atoms with E-state index in [4.69, 9.17) is 5.73 Å². The summed E-state index contributed by atoms with van der Waals surface area (Å²) < 4.78 is 13.2. The Morgan fingerprint density at radius 3 is 2.78 bits per heavy atom. The molecular formula is C16H16FN. The molecule has 0 amide bonds. The maximum Gasteiger partial charge on any atom is 0.123 e. The van der Waals surface area contributed by atoms with Crippen molar-refractivity contribution in [1.82, 2.24) is 0 Å². The van der Waals surface area contributed by atoms with Gasteiger partial charge in [-0.15, -0.1) is 0 Å². The van der Waals surface area contributed by atoms with Crippen molar-refractivity contribution in [2.75, 3.05) is 0 Å². The van der Waals surface area contributed by atoms with Crippen molar-refractivity contribution in [2.24, 2.45) is 5.73 Å². The molecule has 0 saturated carbocycles. The fraction of sp³-hybridized carbons (Fsp3) is 0.250. The Hall–Kier alpha value is -1.67. The number of hydrogen-bond donors (Lipinski definition) is 1. The van der Waals surface area contributed by atoms with Gasteiger partial charge in [0.1, 0.15) is 5.82 Å². The molecule has 0 fully saturated rings. The van der Waals surface area contributed by atoms with E-state index in [0.29, 0.717) is 0 Å². The van der Waals surface area contributed by atoms with E-state index in [2.05, 4.69) is 25.1 Å². The van der Waals surface area contributed by atoms with Gasteiger partial charge in [-0.25, -0.2) is 4.39 Å². The summed E-state index contributed by atoms with van der Waals surface area (Å²) >= 11 is 0. The Morgan fingerprint density at radius 2 is 2.00 bits per heavy atom. The molecule has 2 N–H and O–H groups in total. The molecule has 0 spiro atoms. The van der Waals surface area contributed by atoms with E-state index in [9.17, 15) is 4.39 Å². The number of fused-ring (bicyclic) bond motifs is 1. The maximum absolute atomic E-state index is 13.2. The Kier molecular flexibility index (Phi) is 2.49. The van der Waals surface area contributed by atoms with Gasteiger partial charge in [-0.2, -0.15) is 0 Å². The second-order valence-corrected chi connectivity index (χ2v) is 5.14. The largest absolute Gasteiger partial charge is 0.318 e. The molecule has 1 aliphatic carbocycles. The Labute approximate surface area is 106 Å². The van der Waals surface area contributed by atoms with Gasteiger partial charge in [0, 0.05) is 0 Å². The van der Waals surface area contributed by atoms with Crippen LogP contribution in [0.1, 0.15) is 28.7 Å². The smallest absolute Gasteiger partial charge is 0.123 e. The molecule has 3 rings (SSSR count). The molecule has 1 atom stereocenters. The molecule has 0 aliphatic heterocycles. The van der Waals surface area contributed by atoms with Crippen LogP contribution >= 0.6 is 0 Å². The molecule has 2 heteroatoms. The number of rotatable bonds is 1. The van der Waals surface area contributed by atoms with Crippen molar-refractivity contribution in [1.29, 1.82) is 0 Å². The van der Waals surface area contributed by atoms with E-state index in [0.717, 1.165) is 29.5 Å². The summed E-state index contributed by atoms with van der Waals surface area (Å²) in [6, 6.07) is 13.2. The molecule has 18 heavy (non-hydrogen) atoms. The lowest BCUT2D eigenvalue weighted by molar-refractivity contribution is 0.534. The average molecular weight is 241 g/mol. The van der Waals surface area contributed by atoms with Gasteiger partial charge in [-0.3, -0.25) is 0 Å². The zero-order valence-corrected chi connectivity index (χ0v) is 10.4. The number of halogens is 1. The first kappa shape index (κ1) is 11.4. The highest BCUT2D eigenvalue weighted by atomic mass is 19.1. The molecule has 0 radical (unpaired) electrons. The molecule has 0 saturated heterocycles. The van der Waals surface area contributed by atoms with Crippen LogP contribution in [0.15, 0.2) is 42.5 Å². The predicted octanol–water partition coefficient (Wildman–Crippen LogP) is 3.28. The van der Waals surface area contributed by atoms with Crippen LogP contribution in [-0.2, 0) is 12.0 Å². The molecule has 1 nitrogen and oxygen atoms in total. The minimum absolute atomic E-state index is 0.178. The highest BCUT2D eigenvalue weighted by molar-refractivity contribution is 5.47. The lowest BCUT2D eigenvalue weighted by Gasteiger charge is -2.26. The summed E-state index contributed by atoms with van der Waals surface area (Å²) in [6.45, 7) is 2.06. The van der Waals surface area contributed by atoms with Crippen LogP contribution in [0.3, 0.4) is 0 Å². The van der Waals surface area contributed by atoms with Crippen molar-refractivity contribution in [2.45, 2.75) is 25.3 Å². The predicted molar refractivity (Wildman–Crippen MR) is 70.9 cm³/mol. The third kappa shape index (κ3) is 1.65. The lowest BCUT2D eigenvalue weighted by Crippen LogP contribution is -2.35. The molecule has 1 unspecified atom stereocenters. The van der Waals surface area contributed by atoms with Crippen LogP contribution < -0.4 is 5.73 Å². The highest BCUT2D eigenvalue weighted by Crippen LogP contribution is 2.40. The molecule has 0 heterocycles. The molecule has 0 aromatic heterocycles. The van der Waals surface area contributed by atoms with Crippen molar-refractivity contribution in [3.63, 3.8) is 0 Å². The van der Waals surface area contributed by atoms with Crippen LogP contribution in [0.2, 0.25) is 0 Å². The van der Waals surface area contributed by atoms with E-state index < -0.39 is 5.54 Å². The van der Waals surface area contributed by atoms with Gasteiger partial charge in [0.2, 0.25) is 0 Å². The molecule has 1 aliphatic rings. The summed E-state index contributed by atoms with van der Waals surface area (Å²) in [4.78, 5) is 0. The van der Waals surface area contributed by atoms with Gasteiger partial charge in [-0.1, -0.05) is 35.9 Å². The van der Waals surface area contributed by atoms with Crippen molar-refractivity contribution < 1.29 is 4.39 Å². The first-order valence-electron chi connectivity index (χ1n) is 6.24. The van der Waals surface area contributed by atoms with Crippen molar-refractivity contribution in [3.05, 3.63) is 70.5 Å². The van der Waals surface area contributed by atoms with E-state index >= 15 is 0 Å². The fourth-order valence-electron chi connectivity index (χ4n) is 2.89. The van der Waals surface area contributed by atoms with Crippen LogP contribution in [0.4, 0.5) is 4.39 Å². The van der Waals surface area contributed by atoms with Gasteiger partial charge in [-0.05, 0) is 48.6 Å². The van der Waals surface area contributed by atoms with Crippen LogP contribution in [0.25, 0.3) is 0 Å². The second kappa shape index (κ2) is 3.92. The normalized spacial score (nSPS) is 21.9. The minimum Gasteiger partial charge on any atom is -0.318 e. The summed E-state index contributed by atoms with van der Waals surface area (Å²) in [5.74, 6) is -0.178. The minimum atomic E-state index is -0.463. The topological polar surface area (TPSA) is 26.0 Å². The number of nitrogens with two attached hydrogens (primary N) is 1. The number of aryl methyl sites for hydroxylation is 2. The monoisotopic (exact) mass is 241 g/mol. The molecule has 2 aromatic carbocycles. The Balaban J connectivity index is 2.14. The zero-order valence-electron chi connectivity index (χ0n) is 10.4. The molecule has 0 bridgehead atoms. The second-order valence-electron chi connectivity index (χ2n) is 5.14. The van der Waals surface area contributed by atoms with Gasteiger partial charge < -0.3 is 5.73 Å². The number of benzene rings is 2. The van der Waals surface area contributed by atoms with Crippen molar-refractivity contribution in [3.8, 4) is 0 Å². The maximum atomic E-state index is 13.2. The van der Waals surface area contributed by atoms with Crippen LogP contribution in [0.5, 0.6) is 0 Å². The van der Waals surface area contributed by atoms with Gasteiger partial charge in [0.05, 0.1) is 5.54 Å². The molecule has 2 aromatic rings. The Morgan fingerprint density at radius 1 is 1.17 bits per heavy atom. The average Bonchev–Trinajstić information content (AvgIpc) is 2.68. The van der Waals surface area contributed by atoms with E-state index in [1.807, 2.05) is 12.1 Å². The zero-order chi connectivity index (χ0) is 12.8.